The fourth-order valence-electron chi connectivity index (χ4n) is 9.34. The van der Waals surface area contributed by atoms with Crippen molar-refractivity contribution in [1.29, 1.82) is 0 Å². The van der Waals surface area contributed by atoms with Crippen molar-refractivity contribution in [2.24, 2.45) is 23.2 Å². The van der Waals surface area contributed by atoms with Crippen LogP contribution in [0.3, 0.4) is 0 Å². The summed E-state index contributed by atoms with van der Waals surface area (Å²) in [6.45, 7) is 1.99. The van der Waals surface area contributed by atoms with E-state index in [1.54, 1.807) is 18.3 Å². The van der Waals surface area contributed by atoms with E-state index in [9.17, 15) is 23.1 Å². The van der Waals surface area contributed by atoms with Gasteiger partial charge in [-0.15, -0.1) is 10.2 Å². The molecule has 5 aliphatic rings. The lowest BCUT2D eigenvalue weighted by Crippen LogP contribution is -2.51. The van der Waals surface area contributed by atoms with Gasteiger partial charge in [0.05, 0.1) is 11.9 Å². The molecule has 11 nitrogen and oxygen atoms in total. The molecule has 4 bridgehead atoms. The number of nitrogens with one attached hydrogen (secondary N) is 1. The molecule has 2 aromatic heterocycles. The van der Waals surface area contributed by atoms with Gasteiger partial charge in [-0.25, -0.2) is 13.1 Å². The fraction of sp³-hybridized carbons (Fsp3) is 0.417. The van der Waals surface area contributed by atoms with E-state index in [1.807, 2.05) is 46.2 Å². The first-order valence-corrected chi connectivity index (χ1v) is 18.4. The number of anilines is 1. The van der Waals surface area contributed by atoms with Crippen molar-refractivity contribution in [1.82, 2.24) is 24.8 Å². The van der Waals surface area contributed by atoms with Gasteiger partial charge in [-0.2, -0.15) is 0 Å². The number of fused-ring (bicyclic) bond motifs is 1. The molecule has 0 atom stereocenters. The third-order valence-electron chi connectivity index (χ3n) is 10.9. The lowest BCUT2D eigenvalue weighted by Gasteiger charge is -2.56. The SMILES string of the molecule is O=C(NS(=O)(=O)CC12CC3CC(CC(C3)C1)C2)c1ccc(N2CCN(C(=O)c3ccc(-c4cncc(O)c4)c4ccccc34)CC2)nn1. The van der Waals surface area contributed by atoms with Crippen LogP contribution >= 0.6 is 0 Å². The zero-order valence-corrected chi connectivity index (χ0v) is 27.4. The van der Waals surface area contributed by atoms with Gasteiger partial charge < -0.3 is 14.9 Å². The van der Waals surface area contributed by atoms with Gasteiger partial charge in [-0.1, -0.05) is 30.3 Å². The van der Waals surface area contributed by atoms with Crippen LogP contribution in [0.25, 0.3) is 21.9 Å². The number of hydrogen-bond donors (Lipinski definition) is 2. The molecule has 4 saturated carbocycles. The highest BCUT2D eigenvalue weighted by Crippen LogP contribution is 2.60. The molecule has 2 aromatic carbocycles. The topological polar surface area (TPSA) is 146 Å². The van der Waals surface area contributed by atoms with Crippen LogP contribution in [0.5, 0.6) is 5.75 Å². The Hall–Kier alpha value is -4.58. The number of carbonyl (C=O) groups excluding carboxylic acids is 2. The average molecular weight is 667 g/mol. The molecular formula is C36H38N6O5S. The first-order chi connectivity index (χ1) is 23.1. The van der Waals surface area contributed by atoms with Crippen LogP contribution in [0.1, 0.15) is 59.4 Å². The van der Waals surface area contributed by atoms with E-state index in [4.69, 9.17) is 0 Å². The van der Waals surface area contributed by atoms with Crippen LogP contribution < -0.4 is 9.62 Å². The second kappa shape index (κ2) is 11.8. The molecule has 1 saturated heterocycles. The fourth-order valence-corrected chi connectivity index (χ4v) is 11.0. The van der Waals surface area contributed by atoms with Crippen molar-refractivity contribution in [3.05, 3.63) is 78.2 Å². The van der Waals surface area contributed by atoms with Crippen molar-refractivity contribution in [3.8, 4) is 16.9 Å². The number of aromatic hydroxyl groups is 1. The number of sulfonamides is 1. The maximum Gasteiger partial charge on any atom is 0.285 e. The molecule has 1 aliphatic heterocycles. The summed E-state index contributed by atoms with van der Waals surface area (Å²) in [4.78, 5) is 34.6. The highest BCUT2D eigenvalue weighted by atomic mass is 32.2. The van der Waals surface area contributed by atoms with Crippen LogP contribution in [0.15, 0.2) is 67.0 Å². The third kappa shape index (κ3) is 5.86. The molecule has 12 heteroatoms. The van der Waals surface area contributed by atoms with Gasteiger partial charge in [0.15, 0.2) is 11.5 Å². The first-order valence-electron chi connectivity index (χ1n) is 16.7. The number of piperazine rings is 1. The van der Waals surface area contributed by atoms with Gasteiger partial charge >= 0.3 is 0 Å². The zero-order chi connectivity index (χ0) is 33.0. The molecule has 0 spiro atoms. The Bertz CT molecular complexity index is 1970. The molecule has 48 heavy (non-hydrogen) atoms. The first kappa shape index (κ1) is 30.7. The lowest BCUT2D eigenvalue weighted by molar-refractivity contribution is -0.0391. The molecule has 4 aliphatic carbocycles. The molecule has 5 fully saturated rings. The van der Waals surface area contributed by atoms with E-state index in [0.29, 0.717) is 55.3 Å². The molecule has 2 N–H and O–H groups in total. The van der Waals surface area contributed by atoms with Crippen molar-refractivity contribution in [2.75, 3.05) is 36.8 Å². The molecule has 4 aromatic rings. The van der Waals surface area contributed by atoms with E-state index in [1.165, 1.54) is 31.5 Å². The molecule has 0 unspecified atom stereocenters. The van der Waals surface area contributed by atoms with E-state index in [-0.39, 0.29) is 28.5 Å². The van der Waals surface area contributed by atoms with Crippen LogP contribution in [0.4, 0.5) is 5.82 Å². The van der Waals surface area contributed by atoms with Crippen molar-refractivity contribution < 1.29 is 23.1 Å². The van der Waals surface area contributed by atoms with Gasteiger partial charge in [0.2, 0.25) is 10.0 Å². The quantitative estimate of drug-likeness (QED) is 0.288. The smallest absolute Gasteiger partial charge is 0.285 e. The van der Waals surface area contributed by atoms with Crippen LogP contribution in [0, 0.1) is 23.2 Å². The summed E-state index contributed by atoms with van der Waals surface area (Å²) in [5.74, 6) is 1.69. The summed E-state index contributed by atoms with van der Waals surface area (Å²) in [5, 5.41) is 20.0. The normalized spacial score (nSPS) is 25.0. The van der Waals surface area contributed by atoms with Crippen LogP contribution in [0.2, 0.25) is 0 Å². The maximum atomic E-state index is 13.7. The number of carbonyl (C=O) groups is 2. The maximum absolute atomic E-state index is 13.7. The molecule has 0 radical (unpaired) electrons. The Labute approximate surface area is 279 Å². The minimum atomic E-state index is -3.82. The highest BCUT2D eigenvalue weighted by molar-refractivity contribution is 7.90. The third-order valence-corrected chi connectivity index (χ3v) is 12.4. The van der Waals surface area contributed by atoms with E-state index in [0.717, 1.165) is 41.2 Å². The second-order valence-electron chi connectivity index (χ2n) is 14.3. The summed E-state index contributed by atoms with van der Waals surface area (Å²) < 4.78 is 28.5. The zero-order valence-electron chi connectivity index (χ0n) is 26.6. The van der Waals surface area contributed by atoms with Crippen LogP contribution in [-0.4, -0.2) is 77.4 Å². The van der Waals surface area contributed by atoms with Crippen molar-refractivity contribution in [3.63, 3.8) is 0 Å². The van der Waals surface area contributed by atoms with Gasteiger partial charge in [-0.3, -0.25) is 14.6 Å². The van der Waals surface area contributed by atoms with E-state index in [2.05, 4.69) is 19.9 Å². The largest absolute Gasteiger partial charge is 0.506 e. The number of rotatable bonds is 7. The number of aromatic nitrogens is 3. The summed E-state index contributed by atoms with van der Waals surface area (Å²) in [6.07, 6.45) is 9.60. The van der Waals surface area contributed by atoms with Gasteiger partial charge in [-0.05, 0) is 102 Å². The van der Waals surface area contributed by atoms with Gasteiger partial charge in [0.1, 0.15) is 5.75 Å². The van der Waals surface area contributed by atoms with Crippen LogP contribution in [-0.2, 0) is 10.0 Å². The molecule has 248 valence electrons. The van der Waals surface area contributed by atoms with E-state index >= 15 is 0 Å². The minimum absolute atomic E-state index is 0.00124. The molecule has 2 amide bonds. The highest BCUT2D eigenvalue weighted by Gasteiger charge is 2.52. The second-order valence-corrected chi connectivity index (χ2v) is 16.0. The van der Waals surface area contributed by atoms with E-state index < -0.39 is 15.9 Å². The Morgan fingerprint density at radius 2 is 1.54 bits per heavy atom. The summed E-state index contributed by atoms with van der Waals surface area (Å²) in [5.41, 5.74) is 2.00. The standard InChI is InChI=1S/C36H38N6O5S/c43-27-16-26(20-37-21-27)28-5-6-31(30-4-2-1-3-29(28)30)35(45)42-11-9-41(10-12-42)33-8-7-32(38-39-33)34(44)40-48(46,47)22-36-17-23-13-24(18-36)15-25(14-23)19-36/h1-8,16,20-21,23-25,43H,9-15,17-19,22H2,(H,40,44). The Morgan fingerprint density at radius 1 is 0.854 bits per heavy atom. The molecule has 3 heterocycles. The number of pyridine rings is 1. The Morgan fingerprint density at radius 3 is 2.19 bits per heavy atom. The number of hydrogen-bond acceptors (Lipinski definition) is 9. The Kier molecular flexibility index (Phi) is 7.58. The predicted octanol–water partition coefficient (Wildman–Crippen LogP) is 4.64. The van der Waals surface area contributed by atoms with Gasteiger partial charge in [0.25, 0.3) is 11.8 Å². The average Bonchev–Trinajstić information content (AvgIpc) is 3.06. The summed E-state index contributed by atoms with van der Waals surface area (Å²) >= 11 is 0. The Balaban J connectivity index is 0.899. The summed E-state index contributed by atoms with van der Waals surface area (Å²) in [6, 6.07) is 16.3. The monoisotopic (exact) mass is 666 g/mol. The lowest BCUT2D eigenvalue weighted by atomic mass is 9.50. The predicted molar refractivity (Wildman–Crippen MR) is 181 cm³/mol. The van der Waals surface area contributed by atoms with Crippen molar-refractivity contribution in [2.45, 2.75) is 38.5 Å². The number of nitrogens with zero attached hydrogens (tertiary/aromatic N) is 5. The molecule has 9 rings (SSSR count). The molecular weight excluding hydrogens is 628 g/mol. The summed E-state index contributed by atoms with van der Waals surface area (Å²) in [7, 11) is -3.82. The minimum Gasteiger partial charge on any atom is -0.506 e. The van der Waals surface area contributed by atoms with Gasteiger partial charge in [0, 0.05) is 43.5 Å². The number of amides is 2. The van der Waals surface area contributed by atoms with Crippen molar-refractivity contribution >= 4 is 38.4 Å². The number of benzene rings is 2.